The van der Waals surface area contributed by atoms with Gasteiger partial charge in [0.25, 0.3) is 5.69 Å². The molecule has 0 saturated carbocycles. The van der Waals surface area contributed by atoms with E-state index in [1.807, 2.05) is 24.3 Å². The standard InChI is InChI=1S/C24H29N3O8/c28-13-20-23(30)24(31)21(29)12-26(20)11-16-3-1-15(2-4-16)10-25-18-6-5-17(9-19(18)27(32)33)22-14-34-7-8-35-22/h1-6,9,14,20-21,23-25,28-31H,7-8,10-13H2/t20-,21+,23-,24-/m1/s1. The number of rotatable bonds is 8. The lowest BCUT2D eigenvalue weighted by atomic mass is 9.93. The van der Waals surface area contributed by atoms with E-state index in [1.54, 1.807) is 17.0 Å². The number of hydrogen-bond donors (Lipinski definition) is 5. The summed E-state index contributed by atoms with van der Waals surface area (Å²) in [5.41, 5.74) is 2.65. The van der Waals surface area contributed by atoms with Crippen LogP contribution in [0.5, 0.6) is 0 Å². The first kappa shape index (κ1) is 24.9. The molecule has 0 spiro atoms. The minimum absolute atomic E-state index is 0.0753. The number of aliphatic hydroxyl groups excluding tert-OH is 4. The molecule has 11 heteroatoms. The van der Waals surface area contributed by atoms with Gasteiger partial charge in [-0.25, -0.2) is 0 Å². The maximum Gasteiger partial charge on any atom is 0.293 e. The van der Waals surface area contributed by atoms with Crippen molar-refractivity contribution in [2.24, 2.45) is 0 Å². The first-order valence-electron chi connectivity index (χ1n) is 11.3. The third-order valence-corrected chi connectivity index (χ3v) is 6.24. The van der Waals surface area contributed by atoms with E-state index in [0.29, 0.717) is 43.3 Å². The number of nitro groups is 1. The Morgan fingerprint density at radius 2 is 1.80 bits per heavy atom. The molecule has 0 bridgehead atoms. The number of nitrogens with one attached hydrogen (secondary N) is 1. The second kappa shape index (κ2) is 11.0. The monoisotopic (exact) mass is 487 g/mol. The van der Waals surface area contributed by atoms with Crippen molar-refractivity contribution in [2.75, 3.05) is 31.7 Å². The van der Waals surface area contributed by atoms with Crippen LogP contribution in [0, 0.1) is 10.1 Å². The minimum atomic E-state index is -1.30. The Morgan fingerprint density at radius 3 is 2.46 bits per heavy atom. The third kappa shape index (κ3) is 5.72. The molecule has 4 atom stereocenters. The maximum absolute atomic E-state index is 11.6. The number of ether oxygens (including phenoxy) is 2. The topological polar surface area (TPSA) is 158 Å². The van der Waals surface area contributed by atoms with Crippen LogP contribution in [0.1, 0.15) is 16.7 Å². The highest BCUT2D eigenvalue weighted by molar-refractivity contribution is 5.70. The van der Waals surface area contributed by atoms with Gasteiger partial charge in [-0.05, 0) is 23.3 Å². The third-order valence-electron chi connectivity index (χ3n) is 6.24. The van der Waals surface area contributed by atoms with Crippen LogP contribution in [0.4, 0.5) is 11.4 Å². The summed E-state index contributed by atoms with van der Waals surface area (Å²) in [6.45, 7) is 1.33. The number of nitrogens with zero attached hydrogens (tertiary/aromatic N) is 2. The summed E-state index contributed by atoms with van der Waals surface area (Å²) in [6.07, 6.45) is -2.20. The average molecular weight is 488 g/mol. The molecule has 0 aromatic heterocycles. The molecule has 0 amide bonds. The number of nitro benzene ring substituents is 1. The summed E-state index contributed by atoms with van der Waals surface area (Å²) >= 11 is 0. The minimum Gasteiger partial charge on any atom is -0.494 e. The normalized spacial score (nSPS) is 24.7. The second-order valence-electron chi connectivity index (χ2n) is 8.59. The molecule has 5 N–H and O–H groups in total. The fraction of sp³-hybridized carbons (Fsp3) is 0.417. The first-order chi connectivity index (χ1) is 16.9. The maximum atomic E-state index is 11.6. The summed E-state index contributed by atoms with van der Waals surface area (Å²) in [5.74, 6) is 0.452. The summed E-state index contributed by atoms with van der Waals surface area (Å²) < 4.78 is 10.7. The molecule has 2 aromatic rings. The van der Waals surface area contributed by atoms with Crippen LogP contribution in [0.3, 0.4) is 0 Å². The highest BCUT2D eigenvalue weighted by Gasteiger charge is 2.40. The van der Waals surface area contributed by atoms with E-state index in [9.17, 15) is 30.5 Å². The van der Waals surface area contributed by atoms with Crippen LogP contribution in [-0.4, -0.2) is 81.0 Å². The zero-order valence-electron chi connectivity index (χ0n) is 19.0. The van der Waals surface area contributed by atoms with Crippen LogP contribution in [0.25, 0.3) is 5.76 Å². The van der Waals surface area contributed by atoms with Crippen molar-refractivity contribution in [3.8, 4) is 0 Å². The van der Waals surface area contributed by atoms with Gasteiger partial charge in [0.2, 0.25) is 0 Å². The molecule has 2 aliphatic rings. The molecule has 35 heavy (non-hydrogen) atoms. The van der Waals surface area contributed by atoms with Gasteiger partial charge in [0, 0.05) is 31.3 Å². The lowest BCUT2D eigenvalue weighted by molar-refractivity contribution is -0.384. The first-order valence-corrected chi connectivity index (χ1v) is 11.3. The molecule has 4 rings (SSSR count). The van der Waals surface area contributed by atoms with E-state index in [1.165, 1.54) is 12.3 Å². The highest BCUT2D eigenvalue weighted by atomic mass is 16.6. The Balaban J connectivity index is 1.40. The van der Waals surface area contributed by atoms with Gasteiger partial charge >= 0.3 is 0 Å². The van der Waals surface area contributed by atoms with E-state index < -0.39 is 29.3 Å². The molecule has 2 heterocycles. The number of anilines is 1. The molecule has 0 unspecified atom stereocenters. The smallest absolute Gasteiger partial charge is 0.293 e. The Kier molecular flexibility index (Phi) is 7.83. The van der Waals surface area contributed by atoms with Crippen molar-refractivity contribution in [3.63, 3.8) is 0 Å². The second-order valence-corrected chi connectivity index (χ2v) is 8.59. The van der Waals surface area contributed by atoms with Crippen LogP contribution >= 0.6 is 0 Å². The van der Waals surface area contributed by atoms with E-state index >= 15 is 0 Å². The average Bonchev–Trinajstić information content (AvgIpc) is 2.87. The van der Waals surface area contributed by atoms with Gasteiger partial charge in [-0.2, -0.15) is 0 Å². The van der Waals surface area contributed by atoms with E-state index in [-0.39, 0.29) is 18.8 Å². The number of hydrogen-bond acceptors (Lipinski definition) is 10. The Bertz CT molecular complexity index is 1060. The van der Waals surface area contributed by atoms with Crippen LogP contribution in [-0.2, 0) is 22.6 Å². The molecule has 0 radical (unpaired) electrons. The van der Waals surface area contributed by atoms with Crippen molar-refractivity contribution in [3.05, 3.63) is 75.5 Å². The quantitative estimate of drug-likeness (QED) is 0.267. The number of benzene rings is 2. The van der Waals surface area contributed by atoms with Gasteiger partial charge in [-0.1, -0.05) is 24.3 Å². The number of β-amino-alcohol motifs (C(OH)–C–C–N with tert-alkyl or cyclic N) is 1. The molecule has 2 aromatic carbocycles. The summed E-state index contributed by atoms with van der Waals surface area (Å²) in [6, 6.07) is 11.6. The Labute approximate surface area is 202 Å². The van der Waals surface area contributed by atoms with Gasteiger partial charge in [0.05, 0.1) is 23.7 Å². The van der Waals surface area contributed by atoms with Crippen molar-refractivity contribution < 1.29 is 34.8 Å². The fourth-order valence-electron chi connectivity index (χ4n) is 4.26. The molecular formula is C24H29N3O8. The summed E-state index contributed by atoms with van der Waals surface area (Å²) in [5, 5.41) is 54.3. The van der Waals surface area contributed by atoms with Gasteiger partial charge in [0.1, 0.15) is 37.4 Å². The molecule has 1 saturated heterocycles. The van der Waals surface area contributed by atoms with Gasteiger partial charge in [-0.3, -0.25) is 15.0 Å². The van der Waals surface area contributed by atoms with Crippen molar-refractivity contribution >= 4 is 17.1 Å². The van der Waals surface area contributed by atoms with E-state index in [2.05, 4.69) is 5.32 Å². The van der Waals surface area contributed by atoms with Gasteiger partial charge in [0.15, 0.2) is 5.76 Å². The van der Waals surface area contributed by atoms with E-state index in [0.717, 1.165) is 11.1 Å². The largest absolute Gasteiger partial charge is 0.494 e. The molecule has 1 fully saturated rings. The van der Waals surface area contributed by atoms with Crippen LogP contribution in [0.2, 0.25) is 0 Å². The van der Waals surface area contributed by atoms with Crippen molar-refractivity contribution in [2.45, 2.75) is 37.4 Å². The lowest BCUT2D eigenvalue weighted by Crippen LogP contribution is -2.62. The Hall–Kier alpha value is -3.22. The predicted octanol–water partition coefficient (Wildman–Crippen LogP) is 0.811. The lowest BCUT2D eigenvalue weighted by Gasteiger charge is -2.43. The molecule has 2 aliphatic heterocycles. The van der Waals surface area contributed by atoms with Gasteiger partial charge in [-0.15, -0.1) is 0 Å². The zero-order valence-corrected chi connectivity index (χ0v) is 19.0. The molecule has 188 valence electrons. The number of aliphatic hydroxyl groups is 4. The molecular weight excluding hydrogens is 458 g/mol. The SMILES string of the molecule is O=[N+]([O-])c1cc(C2=COCCO2)ccc1NCc1ccc(CN2C[C@H](O)[C@@H](O)[C@H](O)[C@H]2CO)cc1. The predicted molar refractivity (Wildman–Crippen MR) is 126 cm³/mol. The number of likely N-dealkylation sites (tertiary alicyclic amines) is 1. The molecule has 11 nitrogen and oxygen atoms in total. The Morgan fingerprint density at radius 1 is 1.06 bits per heavy atom. The number of piperidine rings is 1. The van der Waals surface area contributed by atoms with E-state index in [4.69, 9.17) is 9.47 Å². The zero-order chi connectivity index (χ0) is 24.9. The van der Waals surface area contributed by atoms with Gasteiger partial charge < -0.3 is 35.2 Å². The fourth-order valence-corrected chi connectivity index (χ4v) is 4.26. The van der Waals surface area contributed by atoms with Crippen molar-refractivity contribution in [1.82, 2.24) is 4.90 Å². The molecule has 0 aliphatic carbocycles. The summed E-state index contributed by atoms with van der Waals surface area (Å²) in [4.78, 5) is 12.9. The van der Waals surface area contributed by atoms with Crippen LogP contribution < -0.4 is 5.32 Å². The van der Waals surface area contributed by atoms with Crippen molar-refractivity contribution in [1.29, 1.82) is 0 Å². The van der Waals surface area contributed by atoms with Crippen LogP contribution in [0.15, 0.2) is 48.7 Å². The highest BCUT2D eigenvalue weighted by Crippen LogP contribution is 2.30. The summed E-state index contributed by atoms with van der Waals surface area (Å²) in [7, 11) is 0.